The van der Waals surface area contributed by atoms with Crippen molar-refractivity contribution in [3.63, 3.8) is 0 Å². The summed E-state index contributed by atoms with van der Waals surface area (Å²) in [6, 6.07) is 16.9. The fraction of sp³-hybridized carbons (Fsp3) is 0.618. The van der Waals surface area contributed by atoms with Gasteiger partial charge in [-0.2, -0.15) is 0 Å². The van der Waals surface area contributed by atoms with Gasteiger partial charge in [0.15, 0.2) is 0 Å². The SMILES string of the molecule is CCCNC(=O)c1ccc(CN2CCC(C3CCN(Cc4ccc(OCCN(CC)CC)cc4)CC3)CC2)cc1. The normalized spacial score (nSPS) is 17.8. The van der Waals surface area contributed by atoms with Gasteiger partial charge in [0.05, 0.1) is 0 Å². The van der Waals surface area contributed by atoms with Crippen LogP contribution >= 0.6 is 0 Å². The van der Waals surface area contributed by atoms with Crippen molar-refractivity contribution >= 4 is 5.91 Å². The molecule has 0 bridgehead atoms. The van der Waals surface area contributed by atoms with Gasteiger partial charge in [0.1, 0.15) is 12.4 Å². The minimum Gasteiger partial charge on any atom is -0.492 e. The molecule has 6 nitrogen and oxygen atoms in total. The third kappa shape index (κ3) is 9.32. The van der Waals surface area contributed by atoms with Crippen molar-refractivity contribution in [1.29, 1.82) is 0 Å². The first-order valence-electron chi connectivity index (χ1n) is 15.8. The summed E-state index contributed by atoms with van der Waals surface area (Å²) >= 11 is 0. The number of hydrogen-bond donors (Lipinski definition) is 1. The third-order valence-corrected chi connectivity index (χ3v) is 8.99. The Hall–Kier alpha value is -2.41. The highest BCUT2D eigenvalue weighted by Gasteiger charge is 2.29. The first-order chi connectivity index (χ1) is 19.6. The minimum absolute atomic E-state index is 0.0321. The summed E-state index contributed by atoms with van der Waals surface area (Å²) in [5.74, 6) is 2.76. The summed E-state index contributed by atoms with van der Waals surface area (Å²) in [5, 5.41) is 2.96. The molecule has 0 aliphatic carbocycles. The number of rotatable bonds is 14. The van der Waals surface area contributed by atoms with Gasteiger partial charge in [-0.25, -0.2) is 0 Å². The summed E-state index contributed by atoms with van der Waals surface area (Å²) in [6.45, 7) is 17.9. The molecule has 0 aromatic heterocycles. The predicted molar refractivity (Wildman–Crippen MR) is 165 cm³/mol. The Labute approximate surface area is 243 Å². The van der Waals surface area contributed by atoms with Gasteiger partial charge >= 0.3 is 0 Å². The molecule has 2 saturated heterocycles. The molecule has 2 heterocycles. The second-order valence-electron chi connectivity index (χ2n) is 11.7. The van der Waals surface area contributed by atoms with Crippen LogP contribution in [0.15, 0.2) is 48.5 Å². The summed E-state index contributed by atoms with van der Waals surface area (Å²) in [7, 11) is 0. The number of ether oxygens (including phenoxy) is 1. The molecule has 40 heavy (non-hydrogen) atoms. The van der Waals surface area contributed by atoms with Crippen LogP contribution in [0.2, 0.25) is 0 Å². The molecule has 2 fully saturated rings. The standard InChI is InChI=1S/C34H52N4O2/c1-4-19-35-34(39)32-11-7-28(8-12-32)26-37-20-15-30(16-21-37)31-17-22-38(23-18-31)27-29-9-13-33(14-10-29)40-25-24-36(5-2)6-3/h7-14,30-31H,4-6,15-27H2,1-3H3,(H,35,39). The van der Waals surface area contributed by atoms with Gasteiger partial charge in [-0.3, -0.25) is 14.6 Å². The largest absolute Gasteiger partial charge is 0.492 e. The number of likely N-dealkylation sites (tertiary alicyclic amines) is 2. The average Bonchev–Trinajstić information content (AvgIpc) is 3.00. The molecule has 220 valence electrons. The van der Waals surface area contributed by atoms with Crippen LogP contribution in [0.4, 0.5) is 0 Å². The second kappa shape index (κ2) is 16.1. The van der Waals surface area contributed by atoms with E-state index >= 15 is 0 Å². The molecule has 2 aromatic carbocycles. The number of benzene rings is 2. The van der Waals surface area contributed by atoms with Gasteiger partial charge in [-0.05, 0) is 119 Å². The number of carbonyl (C=O) groups excluding carboxylic acids is 1. The zero-order valence-electron chi connectivity index (χ0n) is 25.2. The van der Waals surface area contributed by atoms with Crippen molar-refractivity contribution < 1.29 is 9.53 Å². The fourth-order valence-electron chi connectivity index (χ4n) is 6.31. The lowest BCUT2D eigenvalue weighted by atomic mass is 9.78. The van der Waals surface area contributed by atoms with Crippen LogP contribution in [0, 0.1) is 11.8 Å². The lowest BCUT2D eigenvalue weighted by Crippen LogP contribution is -2.40. The van der Waals surface area contributed by atoms with E-state index in [0.29, 0.717) is 0 Å². The molecule has 0 unspecified atom stereocenters. The Kier molecular flexibility index (Phi) is 12.3. The van der Waals surface area contributed by atoms with Gasteiger partial charge in [-0.1, -0.05) is 45.0 Å². The highest BCUT2D eigenvalue weighted by molar-refractivity contribution is 5.94. The van der Waals surface area contributed by atoms with Crippen LogP contribution < -0.4 is 10.1 Å². The van der Waals surface area contributed by atoms with E-state index in [9.17, 15) is 4.79 Å². The maximum absolute atomic E-state index is 12.2. The molecule has 4 rings (SSSR count). The number of nitrogens with zero attached hydrogens (tertiary/aromatic N) is 3. The van der Waals surface area contributed by atoms with Crippen molar-refractivity contribution in [2.45, 2.75) is 66.0 Å². The average molecular weight is 549 g/mol. The van der Waals surface area contributed by atoms with Crippen LogP contribution in [-0.4, -0.2) is 79.6 Å². The summed E-state index contributed by atoms with van der Waals surface area (Å²) in [5.41, 5.74) is 3.45. The molecule has 6 heteroatoms. The van der Waals surface area contributed by atoms with Crippen LogP contribution in [0.5, 0.6) is 5.75 Å². The molecule has 0 radical (unpaired) electrons. The van der Waals surface area contributed by atoms with Crippen LogP contribution in [0.1, 0.15) is 74.4 Å². The first kappa shape index (κ1) is 30.5. The molecule has 1 N–H and O–H groups in total. The van der Waals surface area contributed by atoms with Crippen molar-refractivity contribution in [1.82, 2.24) is 20.0 Å². The maximum atomic E-state index is 12.2. The molecule has 0 spiro atoms. The molecule has 2 aliphatic heterocycles. The Balaban J connectivity index is 1.12. The van der Waals surface area contributed by atoms with Crippen LogP contribution in [-0.2, 0) is 13.1 Å². The van der Waals surface area contributed by atoms with Gasteiger partial charge in [0.25, 0.3) is 5.91 Å². The number of likely N-dealkylation sites (N-methyl/N-ethyl adjacent to an activating group) is 1. The van der Waals surface area contributed by atoms with Gasteiger partial charge in [0.2, 0.25) is 0 Å². The Morgan fingerprint density at radius 3 is 1.77 bits per heavy atom. The van der Waals surface area contributed by atoms with Crippen molar-refractivity contribution in [2.24, 2.45) is 11.8 Å². The first-order valence-corrected chi connectivity index (χ1v) is 15.8. The van der Waals surface area contributed by atoms with Crippen molar-refractivity contribution in [3.8, 4) is 5.75 Å². The zero-order valence-corrected chi connectivity index (χ0v) is 25.2. The van der Waals surface area contributed by atoms with E-state index in [1.54, 1.807) is 0 Å². The van der Waals surface area contributed by atoms with Crippen molar-refractivity contribution in [3.05, 3.63) is 65.2 Å². The van der Waals surface area contributed by atoms with E-state index in [0.717, 1.165) is 75.4 Å². The highest BCUT2D eigenvalue weighted by Crippen LogP contribution is 2.33. The molecule has 0 saturated carbocycles. The number of carbonyl (C=O) groups is 1. The number of amides is 1. The molecule has 1 amide bonds. The van der Waals surface area contributed by atoms with Gasteiger partial charge in [0, 0.05) is 31.7 Å². The summed E-state index contributed by atoms with van der Waals surface area (Å²) < 4.78 is 5.96. The summed E-state index contributed by atoms with van der Waals surface area (Å²) in [4.78, 5) is 19.8. The van der Waals surface area contributed by atoms with Crippen molar-refractivity contribution in [2.75, 3.05) is 59.0 Å². The van der Waals surface area contributed by atoms with Gasteiger partial charge < -0.3 is 15.0 Å². The molecular weight excluding hydrogens is 496 g/mol. The van der Waals surface area contributed by atoms with E-state index in [1.165, 1.54) is 63.0 Å². The van der Waals surface area contributed by atoms with E-state index in [-0.39, 0.29) is 5.91 Å². The highest BCUT2D eigenvalue weighted by atomic mass is 16.5. The lowest BCUT2D eigenvalue weighted by Gasteiger charge is -2.40. The number of nitrogens with one attached hydrogen (secondary N) is 1. The maximum Gasteiger partial charge on any atom is 0.251 e. The monoisotopic (exact) mass is 548 g/mol. The lowest BCUT2D eigenvalue weighted by molar-refractivity contribution is 0.0909. The predicted octanol–water partition coefficient (Wildman–Crippen LogP) is 5.67. The zero-order chi connectivity index (χ0) is 28.2. The van der Waals surface area contributed by atoms with Crippen LogP contribution in [0.3, 0.4) is 0 Å². The Bertz CT molecular complexity index is 990. The minimum atomic E-state index is 0.0321. The van der Waals surface area contributed by atoms with E-state index in [2.05, 4.69) is 77.2 Å². The van der Waals surface area contributed by atoms with Crippen LogP contribution in [0.25, 0.3) is 0 Å². The molecule has 2 aliphatic rings. The van der Waals surface area contributed by atoms with E-state index in [1.807, 2.05) is 12.1 Å². The molecular formula is C34H52N4O2. The molecule has 2 aromatic rings. The number of hydrogen-bond acceptors (Lipinski definition) is 5. The molecule has 0 atom stereocenters. The smallest absolute Gasteiger partial charge is 0.251 e. The topological polar surface area (TPSA) is 48.1 Å². The van der Waals surface area contributed by atoms with E-state index < -0.39 is 0 Å². The number of piperidine rings is 2. The quantitative estimate of drug-likeness (QED) is 0.330. The summed E-state index contributed by atoms with van der Waals surface area (Å²) in [6.07, 6.45) is 6.26. The third-order valence-electron chi connectivity index (χ3n) is 8.99. The fourth-order valence-corrected chi connectivity index (χ4v) is 6.31. The van der Waals surface area contributed by atoms with Gasteiger partial charge in [-0.15, -0.1) is 0 Å². The van der Waals surface area contributed by atoms with E-state index in [4.69, 9.17) is 4.74 Å². The Morgan fingerprint density at radius 1 is 0.800 bits per heavy atom. The Morgan fingerprint density at radius 2 is 1.30 bits per heavy atom. The second-order valence-corrected chi connectivity index (χ2v) is 11.7.